The molecule has 2 aromatic carbocycles. The molecule has 1 fully saturated rings. The highest BCUT2D eigenvalue weighted by molar-refractivity contribution is 8.15. The molecule has 0 aromatic heterocycles. The summed E-state index contributed by atoms with van der Waals surface area (Å²) in [5.41, 5.74) is 2.64. The van der Waals surface area contributed by atoms with E-state index in [1.165, 1.54) is 0 Å². The minimum atomic E-state index is -0.497. The van der Waals surface area contributed by atoms with Crippen molar-refractivity contribution in [1.82, 2.24) is 5.32 Å². The zero-order valence-corrected chi connectivity index (χ0v) is 16.0. The Labute approximate surface area is 163 Å². The van der Waals surface area contributed by atoms with Gasteiger partial charge < -0.3 is 4.90 Å². The lowest BCUT2D eigenvalue weighted by Gasteiger charge is -2.23. The van der Waals surface area contributed by atoms with Crippen LogP contribution in [0.4, 0.5) is 10.5 Å². The second-order valence-corrected chi connectivity index (χ2v) is 7.51. The minimum Gasteiger partial charge on any atom is -0.308 e. The van der Waals surface area contributed by atoms with Crippen LogP contribution in [0.25, 0.3) is 0 Å². The molecule has 1 unspecified atom stereocenters. The van der Waals surface area contributed by atoms with E-state index in [0.717, 1.165) is 41.4 Å². The van der Waals surface area contributed by atoms with E-state index in [2.05, 4.69) is 12.2 Å². The van der Waals surface area contributed by atoms with Crippen molar-refractivity contribution in [2.45, 2.75) is 38.0 Å². The lowest BCUT2D eigenvalue weighted by molar-refractivity contribution is -0.119. The van der Waals surface area contributed by atoms with Gasteiger partial charge in [-0.1, -0.05) is 55.8 Å². The van der Waals surface area contributed by atoms with Crippen molar-refractivity contribution in [1.29, 1.82) is 0 Å². The molecule has 0 radical (unpaired) electrons. The van der Waals surface area contributed by atoms with Crippen molar-refractivity contribution < 1.29 is 14.4 Å². The molecule has 6 heteroatoms. The zero-order chi connectivity index (χ0) is 19.2. The Balaban J connectivity index is 1.76. The molecule has 1 aliphatic heterocycles. The van der Waals surface area contributed by atoms with E-state index >= 15 is 0 Å². The maximum atomic E-state index is 12.7. The van der Waals surface area contributed by atoms with Gasteiger partial charge in [-0.05, 0) is 41.4 Å². The number of nitrogens with zero attached hydrogens (tertiary/aromatic N) is 1. The number of imide groups is 1. The number of benzene rings is 2. The maximum absolute atomic E-state index is 12.7. The highest BCUT2D eigenvalue weighted by atomic mass is 32.2. The number of thioether (sulfide) groups is 1. The van der Waals surface area contributed by atoms with Crippen molar-refractivity contribution in [3.63, 3.8) is 0 Å². The predicted octanol–water partition coefficient (Wildman–Crippen LogP) is 4.43. The Morgan fingerprint density at radius 3 is 2.37 bits per heavy atom. The van der Waals surface area contributed by atoms with E-state index in [1.807, 2.05) is 54.6 Å². The summed E-state index contributed by atoms with van der Waals surface area (Å²) in [5.74, 6) is -0.179. The number of hydrogen-bond acceptors (Lipinski definition) is 4. The molecule has 0 bridgehead atoms. The summed E-state index contributed by atoms with van der Waals surface area (Å²) in [7, 11) is 0. The molecule has 3 amide bonds. The van der Waals surface area contributed by atoms with Crippen LogP contribution in [0.5, 0.6) is 0 Å². The molecule has 1 atom stereocenters. The third kappa shape index (κ3) is 4.77. The lowest BCUT2D eigenvalue weighted by Crippen LogP contribution is -2.30. The maximum Gasteiger partial charge on any atom is 0.286 e. The molecule has 1 N–H and O–H groups in total. The van der Waals surface area contributed by atoms with Gasteiger partial charge in [-0.15, -0.1) is 0 Å². The van der Waals surface area contributed by atoms with Crippen LogP contribution in [0.2, 0.25) is 0 Å². The summed E-state index contributed by atoms with van der Waals surface area (Å²) in [6, 6.07) is 17.2. The van der Waals surface area contributed by atoms with Crippen LogP contribution in [-0.4, -0.2) is 17.1 Å². The van der Waals surface area contributed by atoms with E-state index in [4.69, 9.17) is 0 Å². The van der Waals surface area contributed by atoms with E-state index in [0.29, 0.717) is 13.0 Å². The Hall–Kier alpha value is -2.60. The summed E-state index contributed by atoms with van der Waals surface area (Å²) in [6.07, 6.45) is 2.36. The van der Waals surface area contributed by atoms with Gasteiger partial charge in [0.25, 0.3) is 5.24 Å². The first-order chi connectivity index (χ1) is 13.1. The first-order valence-corrected chi connectivity index (χ1v) is 9.92. The summed E-state index contributed by atoms with van der Waals surface area (Å²) in [4.78, 5) is 37.7. The Bertz CT molecular complexity index is 821. The topological polar surface area (TPSA) is 66.5 Å². The molecule has 0 aliphatic carbocycles. The SMILES string of the molecule is CCCCC(=O)N(Cc1ccc(C2SC(=O)NC2=O)cc1)c1ccccc1. The lowest BCUT2D eigenvalue weighted by atomic mass is 10.1. The zero-order valence-electron chi connectivity index (χ0n) is 15.2. The van der Waals surface area contributed by atoms with Crippen molar-refractivity contribution in [2.24, 2.45) is 0 Å². The molecular weight excluding hydrogens is 360 g/mol. The van der Waals surface area contributed by atoms with Crippen molar-refractivity contribution in [3.05, 3.63) is 65.7 Å². The molecule has 27 heavy (non-hydrogen) atoms. The average Bonchev–Trinajstić information content (AvgIpc) is 3.03. The van der Waals surface area contributed by atoms with Crippen LogP contribution >= 0.6 is 11.8 Å². The van der Waals surface area contributed by atoms with Gasteiger partial charge in [0.1, 0.15) is 5.25 Å². The number of para-hydroxylation sites is 1. The number of carbonyl (C=O) groups excluding carboxylic acids is 3. The van der Waals surface area contributed by atoms with Crippen LogP contribution < -0.4 is 10.2 Å². The predicted molar refractivity (Wildman–Crippen MR) is 107 cm³/mol. The molecule has 1 saturated heterocycles. The van der Waals surface area contributed by atoms with E-state index < -0.39 is 5.25 Å². The Kier molecular flexibility index (Phi) is 6.29. The van der Waals surface area contributed by atoms with E-state index in [1.54, 1.807) is 4.90 Å². The van der Waals surface area contributed by atoms with Gasteiger partial charge in [-0.3, -0.25) is 19.7 Å². The fraction of sp³-hybridized carbons (Fsp3) is 0.286. The highest BCUT2D eigenvalue weighted by Crippen LogP contribution is 2.34. The number of nitrogens with one attached hydrogen (secondary N) is 1. The van der Waals surface area contributed by atoms with Gasteiger partial charge in [0.05, 0.1) is 6.54 Å². The molecule has 1 heterocycles. The molecule has 2 aromatic rings. The molecular formula is C21H22N2O3S. The molecule has 0 spiro atoms. The van der Waals surface area contributed by atoms with Crippen molar-refractivity contribution in [2.75, 3.05) is 4.90 Å². The second kappa shape index (κ2) is 8.86. The van der Waals surface area contributed by atoms with Gasteiger partial charge in [0.15, 0.2) is 0 Å². The molecule has 1 aliphatic rings. The number of hydrogen-bond donors (Lipinski definition) is 1. The summed E-state index contributed by atoms with van der Waals surface area (Å²) < 4.78 is 0. The normalized spacial score (nSPS) is 16.3. The first kappa shape index (κ1) is 19.2. The van der Waals surface area contributed by atoms with Gasteiger partial charge in [0, 0.05) is 12.1 Å². The number of carbonyl (C=O) groups is 3. The second-order valence-electron chi connectivity index (χ2n) is 6.44. The summed E-state index contributed by atoms with van der Waals surface area (Å²) in [5, 5.41) is 1.49. The fourth-order valence-corrected chi connectivity index (χ4v) is 3.78. The third-order valence-electron chi connectivity index (χ3n) is 4.42. The van der Waals surface area contributed by atoms with E-state index in [9.17, 15) is 14.4 Å². The van der Waals surface area contributed by atoms with Gasteiger partial charge in [-0.2, -0.15) is 0 Å². The highest BCUT2D eigenvalue weighted by Gasteiger charge is 2.32. The minimum absolute atomic E-state index is 0.100. The molecule has 0 saturated carbocycles. The number of anilines is 1. The quantitative estimate of drug-likeness (QED) is 0.769. The number of unbranched alkanes of at least 4 members (excludes halogenated alkanes) is 1. The Morgan fingerprint density at radius 2 is 1.78 bits per heavy atom. The molecule has 5 nitrogen and oxygen atoms in total. The van der Waals surface area contributed by atoms with Gasteiger partial charge in [0.2, 0.25) is 11.8 Å². The third-order valence-corrected chi connectivity index (χ3v) is 5.46. The van der Waals surface area contributed by atoms with Gasteiger partial charge in [-0.25, -0.2) is 0 Å². The number of rotatable bonds is 7. The Morgan fingerprint density at radius 1 is 1.07 bits per heavy atom. The van der Waals surface area contributed by atoms with Crippen LogP contribution in [0.15, 0.2) is 54.6 Å². The first-order valence-electron chi connectivity index (χ1n) is 9.04. The smallest absolute Gasteiger partial charge is 0.286 e. The largest absolute Gasteiger partial charge is 0.308 e. The van der Waals surface area contributed by atoms with E-state index in [-0.39, 0.29) is 17.1 Å². The van der Waals surface area contributed by atoms with Crippen LogP contribution in [-0.2, 0) is 16.1 Å². The summed E-state index contributed by atoms with van der Waals surface area (Å²) >= 11 is 0.993. The van der Waals surface area contributed by atoms with Crippen LogP contribution in [0, 0.1) is 0 Å². The monoisotopic (exact) mass is 382 g/mol. The van der Waals surface area contributed by atoms with Gasteiger partial charge >= 0.3 is 0 Å². The van der Waals surface area contributed by atoms with Crippen molar-refractivity contribution in [3.8, 4) is 0 Å². The van der Waals surface area contributed by atoms with Crippen LogP contribution in [0.3, 0.4) is 0 Å². The molecule has 3 rings (SSSR count). The summed E-state index contributed by atoms with van der Waals surface area (Å²) in [6.45, 7) is 2.54. The van der Waals surface area contributed by atoms with Crippen molar-refractivity contribution >= 4 is 34.5 Å². The average molecular weight is 382 g/mol. The fourth-order valence-electron chi connectivity index (χ4n) is 2.95. The standard InChI is InChI=1S/C21H22N2O3S/c1-2-3-9-18(24)23(17-7-5-4-6-8-17)14-15-10-12-16(13-11-15)19-20(25)22-21(26)27-19/h4-8,10-13,19H,2-3,9,14H2,1H3,(H,22,25,26). The number of amides is 3. The molecule has 140 valence electrons. The van der Waals surface area contributed by atoms with Crippen LogP contribution in [0.1, 0.15) is 42.6 Å².